The van der Waals surface area contributed by atoms with Crippen LogP contribution < -0.4 is 5.32 Å². The number of furan rings is 1. The lowest BCUT2D eigenvalue weighted by atomic mass is 10.2. The number of rotatable bonds is 5. The topological polar surface area (TPSA) is 107 Å². The molecule has 3 aromatic heterocycles. The minimum atomic E-state index is -0.631. The summed E-state index contributed by atoms with van der Waals surface area (Å²) in [6, 6.07) is 8.13. The lowest BCUT2D eigenvalue weighted by Crippen LogP contribution is -2.30. The fourth-order valence-electron chi connectivity index (χ4n) is 3.52. The number of pyridine rings is 1. The van der Waals surface area contributed by atoms with E-state index in [4.69, 9.17) is 4.42 Å². The number of carbonyl (C=O) groups excluding carboxylic acids is 3. The van der Waals surface area contributed by atoms with Gasteiger partial charge in [-0.3, -0.25) is 14.7 Å². The molecule has 0 spiro atoms. The number of nitrogens with zero attached hydrogens (tertiary/aromatic N) is 3. The third-order valence-electron chi connectivity index (χ3n) is 5.00. The van der Waals surface area contributed by atoms with Crippen LogP contribution in [0.4, 0.5) is 4.79 Å². The van der Waals surface area contributed by atoms with Gasteiger partial charge in [0.1, 0.15) is 11.5 Å². The molecule has 0 unspecified atom stereocenters. The number of amides is 3. The van der Waals surface area contributed by atoms with Gasteiger partial charge in [0.15, 0.2) is 0 Å². The molecule has 0 atom stereocenters. The molecule has 0 bridgehead atoms. The Bertz CT molecular complexity index is 1210. The maximum absolute atomic E-state index is 12.8. The second-order valence-corrected chi connectivity index (χ2v) is 7.01. The highest BCUT2D eigenvalue weighted by molar-refractivity contribution is 6.13. The summed E-state index contributed by atoms with van der Waals surface area (Å²) >= 11 is 0. The van der Waals surface area contributed by atoms with Crippen LogP contribution in [0.2, 0.25) is 0 Å². The summed E-state index contributed by atoms with van der Waals surface area (Å²) in [4.78, 5) is 41.9. The average molecular weight is 420 g/mol. The third-order valence-corrected chi connectivity index (χ3v) is 5.00. The zero-order valence-electron chi connectivity index (χ0n) is 17.2. The summed E-state index contributed by atoms with van der Waals surface area (Å²) in [5.41, 5.74) is 3.75. The minimum Gasteiger partial charge on any atom is -0.463 e. The standard InChI is InChI=1S/C22H20N4O5/c1-13-9-15(14(2)26(13)16-5-4-8-23-11-16)10-18-20(27)25(22(29)24-18)12-17-6-7-19(31-17)21(28)30-3/h4-11H,12H2,1-3H3,(H,24,29)/b18-10-. The molecule has 0 aromatic carbocycles. The van der Waals surface area contributed by atoms with Crippen LogP contribution in [0.25, 0.3) is 11.8 Å². The van der Waals surface area contributed by atoms with Crippen LogP contribution in [0.5, 0.6) is 0 Å². The molecule has 3 aromatic rings. The van der Waals surface area contributed by atoms with Crippen molar-refractivity contribution in [1.29, 1.82) is 0 Å². The molecule has 4 rings (SSSR count). The van der Waals surface area contributed by atoms with E-state index in [2.05, 4.69) is 15.0 Å². The summed E-state index contributed by atoms with van der Waals surface area (Å²) in [5, 5.41) is 2.60. The Kier molecular flexibility index (Phi) is 5.16. The lowest BCUT2D eigenvalue weighted by Gasteiger charge is -2.09. The monoisotopic (exact) mass is 420 g/mol. The predicted molar refractivity (Wildman–Crippen MR) is 110 cm³/mol. The van der Waals surface area contributed by atoms with Crippen LogP contribution in [0, 0.1) is 13.8 Å². The number of aryl methyl sites for hydroxylation is 1. The van der Waals surface area contributed by atoms with Gasteiger partial charge in [-0.2, -0.15) is 0 Å². The van der Waals surface area contributed by atoms with E-state index in [-0.39, 0.29) is 18.0 Å². The molecule has 9 heteroatoms. The molecular formula is C22H20N4O5. The third kappa shape index (κ3) is 3.73. The molecular weight excluding hydrogens is 400 g/mol. The number of carbonyl (C=O) groups is 3. The smallest absolute Gasteiger partial charge is 0.373 e. The lowest BCUT2D eigenvalue weighted by molar-refractivity contribution is -0.123. The number of methoxy groups -OCH3 is 1. The highest BCUT2D eigenvalue weighted by atomic mass is 16.5. The molecule has 9 nitrogen and oxygen atoms in total. The van der Waals surface area contributed by atoms with Crippen molar-refractivity contribution in [2.45, 2.75) is 20.4 Å². The second-order valence-electron chi connectivity index (χ2n) is 7.01. The van der Waals surface area contributed by atoms with Gasteiger partial charge in [-0.15, -0.1) is 0 Å². The van der Waals surface area contributed by atoms with E-state index in [1.807, 2.05) is 36.6 Å². The maximum atomic E-state index is 12.8. The second kappa shape index (κ2) is 7.94. The number of hydrogen-bond acceptors (Lipinski definition) is 6. The van der Waals surface area contributed by atoms with Crippen LogP contribution in [0.1, 0.15) is 33.3 Å². The van der Waals surface area contributed by atoms with Gasteiger partial charge in [-0.1, -0.05) is 0 Å². The Morgan fingerprint density at radius 3 is 2.77 bits per heavy atom. The van der Waals surface area contributed by atoms with E-state index in [9.17, 15) is 14.4 Å². The molecule has 3 amide bonds. The van der Waals surface area contributed by atoms with Crippen LogP contribution in [0.3, 0.4) is 0 Å². The molecule has 0 radical (unpaired) electrons. The number of urea groups is 1. The van der Waals surface area contributed by atoms with Gasteiger partial charge in [-0.25, -0.2) is 9.59 Å². The zero-order valence-corrected chi connectivity index (χ0v) is 17.2. The first kappa shape index (κ1) is 20.1. The molecule has 0 aliphatic carbocycles. The van der Waals surface area contributed by atoms with E-state index in [0.717, 1.165) is 27.5 Å². The number of ether oxygens (including phenoxy) is 1. The molecule has 31 heavy (non-hydrogen) atoms. The molecule has 158 valence electrons. The molecule has 1 N–H and O–H groups in total. The maximum Gasteiger partial charge on any atom is 0.373 e. The summed E-state index contributed by atoms with van der Waals surface area (Å²) in [7, 11) is 1.24. The highest BCUT2D eigenvalue weighted by Crippen LogP contribution is 2.24. The minimum absolute atomic E-state index is 0.00293. The van der Waals surface area contributed by atoms with Gasteiger partial charge in [0, 0.05) is 17.6 Å². The molecule has 1 aliphatic heterocycles. The molecule has 4 heterocycles. The summed E-state index contributed by atoms with van der Waals surface area (Å²) < 4.78 is 12.0. The molecule has 1 fully saturated rings. The first-order valence-electron chi connectivity index (χ1n) is 9.50. The quantitative estimate of drug-likeness (QED) is 0.386. The van der Waals surface area contributed by atoms with E-state index < -0.39 is 17.9 Å². The summed E-state index contributed by atoms with van der Waals surface area (Å²) in [6.07, 6.45) is 5.11. The Labute approximate surface area is 177 Å². The number of nitrogens with one attached hydrogen (secondary N) is 1. The predicted octanol–water partition coefficient (Wildman–Crippen LogP) is 2.96. The fourth-order valence-corrected chi connectivity index (χ4v) is 3.52. The van der Waals surface area contributed by atoms with E-state index in [0.29, 0.717) is 5.76 Å². The first-order chi connectivity index (χ1) is 14.9. The van der Waals surface area contributed by atoms with Crippen LogP contribution in [0.15, 0.2) is 52.8 Å². The normalized spacial score (nSPS) is 14.9. The van der Waals surface area contributed by atoms with Crippen molar-refractivity contribution in [3.63, 3.8) is 0 Å². The summed E-state index contributed by atoms with van der Waals surface area (Å²) in [6.45, 7) is 3.79. The van der Waals surface area contributed by atoms with E-state index in [1.165, 1.54) is 19.2 Å². The van der Waals surface area contributed by atoms with E-state index in [1.54, 1.807) is 18.5 Å². The Hall–Kier alpha value is -4.14. The van der Waals surface area contributed by atoms with Gasteiger partial charge in [0.05, 0.1) is 25.5 Å². The number of hydrogen-bond donors (Lipinski definition) is 1. The van der Waals surface area contributed by atoms with Crippen LogP contribution in [-0.4, -0.2) is 39.5 Å². The Morgan fingerprint density at radius 1 is 1.26 bits per heavy atom. The largest absolute Gasteiger partial charge is 0.463 e. The van der Waals surface area contributed by atoms with Gasteiger partial charge in [-0.05, 0) is 55.8 Å². The Balaban J connectivity index is 1.58. The van der Waals surface area contributed by atoms with Gasteiger partial charge >= 0.3 is 12.0 Å². The average Bonchev–Trinajstić information content (AvgIpc) is 3.42. The number of imide groups is 1. The van der Waals surface area contributed by atoms with Crippen molar-refractivity contribution in [3.8, 4) is 5.69 Å². The van der Waals surface area contributed by atoms with Crippen molar-refractivity contribution in [2.24, 2.45) is 0 Å². The Morgan fingerprint density at radius 2 is 2.06 bits per heavy atom. The summed E-state index contributed by atoms with van der Waals surface area (Å²) in [5.74, 6) is -0.816. The van der Waals surface area contributed by atoms with Crippen LogP contribution >= 0.6 is 0 Å². The van der Waals surface area contributed by atoms with Crippen LogP contribution in [-0.2, 0) is 16.1 Å². The highest BCUT2D eigenvalue weighted by Gasteiger charge is 2.34. The molecule has 1 saturated heterocycles. The number of esters is 1. The number of aromatic nitrogens is 2. The zero-order chi connectivity index (χ0) is 22.1. The van der Waals surface area contributed by atoms with Crippen molar-refractivity contribution in [1.82, 2.24) is 19.8 Å². The SMILES string of the molecule is COC(=O)c1ccc(CN2C(=O)N/C(=C\c3cc(C)n(-c4cccnc4)c3C)C2=O)o1. The van der Waals surface area contributed by atoms with Crippen molar-refractivity contribution in [3.05, 3.63) is 76.9 Å². The van der Waals surface area contributed by atoms with Gasteiger partial charge in [0.2, 0.25) is 5.76 Å². The van der Waals surface area contributed by atoms with Crippen molar-refractivity contribution in [2.75, 3.05) is 7.11 Å². The van der Waals surface area contributed by atoms with Gasteiger partial charge in [0.25, 0.3) is 5.91 Å². The van der Waals surface area contributed by atoms with E-state index >= 15 is 0 Å². The van der Waals surface area contributed by atoms with Gasteiger partial charge < -0.3 is 19.0 Å². The fraction of sp³-hybridized carbons (Fsp3) is 0.182. The molecule has 0 saturated carbocycles. The molecule has 1 aliphatic rings. The van der Waals surface area contributed by atoms with Crippen molar-refractivity contribution < 1.29 is 23.5 Å². The first-order valence-corrected chi connectivity index (χ1v) is 9.50. The van der Waals surface area contributed by atoms with Crippen molar-refractivity contribution >= 4 is 24.0 Å².